The summed E-state index contributed by atoms with van der Waals surface area (Å²) in [5, 5.41) is 0. The van der Waals surface area contributed by atoms with Gasteiger partial charge in [-0.3, -0.25) is 9.59 Å². The van der Waals surface area contributed by atoms with Gasteiger partial charge in [0, 0.05) is 23.7 Å². The van der Waals surface area contributed by atoms with Crippen molar-refractivity contribution in [1.82, 2.24) is 0 Å². The van der Waals surface area contributed by atoms with E-state index in [1.165, 1.54) is 0 Å². The van der Waals surface area contributed by atoms with Crippen molar-refractivity contribution in [2.24, 2.45) is 0 Å². The molecule has 0 spiro atoms. The average molecular weight is 370 g/mol. The molecule has 0 aliphatic carbocycles. The third kappa shape index (κ3) is 4.40. The molecule has 0 aromatic heterocycles. The van der Waals surface area contributed by atoms with Crippen molar-refractivity contribution in [3.8, 4) is 0 Å². The number of carbonyl (C=O) groups excluding carboxylic acids is 2. The van der Waals surface area contributed by atoms with Crippen LogP contribution < -0.4 is 0 Å². The molecule has 0 amide bonds. The first-order chi connectivity index (χ1) is 12.4. The van der Waals surface area contributed by atoms with Crippen LogP contribution in [0, 0.1) is 13.8 Å². The van der Waals surface area contributed by atoms with E-state index in [-0.39, 0.29) is 23.9 Å². The lowest BCUT2D eigenvalue weighted by Crippen LogP contribution is -2.10. The first kappa shape index (κ1) is 20.3. The van der Waals surface area contributed by atoms with Gasteiger partial charge in [-0.1, -0.05) is 50.2 Å². The summed E-state index contributed by atoms with van der Waals surface area (Å²) in [6, 6.07) is 11.5. The molecule has 0 N–H and O–H groups in total. The molecule has 0 saturated heterocycles. The molecule has 138 valence electrons. The second-order valence-corrected chi connectivity index (χ2v) is 8.40. The molecule has 3 nitrogen and oxygen atoms in total. The zero-order valence-electron chi connectivity index (χ0n) is 16.0. The predicted molar refractivity (Wildman–Crippen MR) is 108 cm³/mol. The van der Waals surface area contributed by atoms with Crippen molar-refractivity contribution in [2.45, 2.75) is 47.0 Å². The van der Waals surface area contributed by atoms with Crippen LogP contribution in [0.2, 0.25) is 0 Å². The van der Waals surface area contributed by atoms with Gasteiger partial charge in [0.1, 0.15) is 7.80 Å². The average Bonchev–Trinajstić information content (AvgIpc) is 2.64. The van der Waals surface area contributed by atoms with Crippen molar-refractivity contribution in [2.75, 3.05) is 6.16 Å². The SMILES string of the molecule is CCc1cccc(CC)c1C(=O)CC[PH](=O)C(=O)c1c(C)cccc1C. The van der Waals surface area contributed by atoms with Gasteiger partial charge in [0.25, 0.3) is 0 Å². The first-order valence-corrected chi connectivity index (χ1v) is 10.8. The molecule has 0 fully saturated rings. The van der Waals surface area contributed by atoms with E-state index in [2.05, 4.69) is 0 Å². The minimum absolute atomic E-state index is 0.00745. The molecular weight excluding hydrogens is 343 g/mol. The molecule has 0 aliphatic rings. The third-order valence-electron chi connectivity index (χ3n) is 4.82. The van der Waals surface area contributed by atoms with Crippen LogP contribution in [0.1, 0.15) is 63.2 Å². The highest BCUT2D eigenvalue weighted by molar-refractivity contribution is 7.64. The van der Waals surface area contributed by atoms with Gasteiger partial charge in [-0.2, -0.15) is 0 Å². The number of carbonyl (C=O) groups is 2. The Morgan fingerprint density at radius 1 is 0.846 bits per heavy atom. The van der Waals surface area contributed by atoms with Crippen molar-refractivity contribution in [3.63, 3.8) is 0 Å². The van der Waals surface area contributed by atoms with Crippen LogP contribution >= 0.6 is 7.80 Å². The normalized spacial score (nSPS) is 12.0. The molecule has 4 heteroatoms. The lowest BCUT2D eigenvalue weighted by Gasteiger charge is -2.12. The summed E-state index contributed by atoms with van der Waals surface area (Å²) in [4.78, 5) is 25.4. The van der Waals surface area contributed by atoms with Crippen molar-refractivity contribution >= 4 is 19.1 Å². The standard InChI is InChI=1S/C22H27O3P/c1-5-17-11-8-12-18(6-2)21(17)19(23)13-14-26(25)22(24)20-15(3)9-7-10-16(20)4/h7-12,26H,5-6,13-14H2,1-4H3. The number of hydrogen-bond acceptors (Lipinski definition) is 3. The summed E-state index contributed by atoms with van der Waals surface area (Å²) in [5.74, 6) is -0.00745. The number of Topliss-reactive ketones (excluding diaryl/α,β-unsaturated/α-hetero) is 1. The largest absolute Gasteiger partial charge is 0.318 e. The number of ketones is 1. The van der Waals surface area contributed by atoms with E-state index in [1.54, 1.807) is 0 Å². The highest BCUT2D eigenvalue weighted by Crippen LogP contribution is 2.32. The van der Waals surface area contributed by atoms with Crippen LogP contribution in [0.5, 0.6) is 0 Å². The van der Waals surface area contributed by atoms with E-state index in [9.17, 15) is 14.2 Å². The summed E-state index contributed by atoms with van der Waals surface area (Å²) in [6.45, 7) is 7.76. The second-order valence-electron chi connectivity index (χ2n) is 6.60. The monoisotopic (exact) mass is 370 g/mol. The molecule has 1 unspecified atom stereocenters. The molecule has 0 saturated carbocycles. The van der Waals surface area contributed by atoms with Gasteiger partial charge < -0.3 is 4.57 Å². The van der Waals surface area contributed by atoms with E-state index >= 15 is 0 Å². The Morgan fingerprint density at radius 3 is 1.85 bits per heavy atom. The van der Waals surface area contributed by atoms with Crippen molar-refractivity contribution in [1.29, 1.82) is 0 Å². The van der Waals surface area contributed by atoms with E-state index in [0.717, 1.165) is 40.7 Å². The molecule has 0 bridgehead atoms. The molecule has 0 heterocycles. The maximum atomic E-state index is 12.8. The van der Waals surface area contributed by atoms with E-state index < -0.39 is 7.80 Å². The number of benzene rings is 2. The smallest absolute Gasteiger partial charge is 0.219 e. The highest BCUT2D eigenvalue weighted by atomic mass is 31.1. The number of aryl methyl sites for hydroxylation is 4. The van der Waals surface area contributed by atoms with E-state index in [1.807, 2.05) is 64.1 Å². The quantitative estimate of drug-likeness (QED) is 0.462. The third-order valence-corrected chi connectivity index (χ3v) is 6.28. The van der Waals surface area contributed by atoms with Crippen LogP contribution in [-0.4, -0.2) is 17.5 Å². The Kier molecular flexibility index (Phi) is 7.11. The Morgan fingerprint density at radius 2 is 1.35 bits per heavy atom. The van der Waals surface area contributed by atoms with Gasteiger partial charge in [0.15, 0.2) is 5.78 Å². The summed E-state index contributed by atoms with van der Waals surface area (Å²) >= 11 is 0. The summed E-state index contributed by atoms with van der Waals surface area (Å²) in [6.07, 6.45) is 1.85. The maximum absolute atomic E-state index is 12.8. The minimum atomic E-state index is -2.51. The molecule has 1 atom stereocenters. The number of hydrogen-bond donors (Lipinski definition) is 0. The summed E-state index contributed by atoms with van der Waals surface area (Å²) in [7, 11) is -2.51. The molecule has 2 rings (SSSR count). The topological polar surface area (TPSA) is 51.2 Å². The first-order valence-electron chi connectivity index (χ1n) is 9.18. The molecule has 0 aliphatic heterocycles. The van der Waals surface area contributed by atoms with Gasteiger partial charge >= 0.3 is 0 Å². The van der Waals surface area contributed by atoms with Crippen molar-refractivity contribution in [3.05, 3.63) is 69.8 Å². The van der Waals surface area contributed by atoms with Gasteiger partial charge in [-0.15, -0.1) is 0 Å². The Bertz CT molecular complexity index is 810. The van der Waals surface area contributed by atoms with Crippen LogP contribution in [0.25, 0.3) is 0 Å². The lowest BCUT2D eigenvalue weighted by molar-refractivity contribution is 0.0987. The van der Waals surface area contributed by atoms with Crippen LogP contribution in [0.3, 0.4) is 0 Å². The zero-order valence-corrected chi connectivity index (χ0v) is 17.0. The second kappa shape index (κ2) is 9.09. The fourth-order valence-corrected chi connectivity index (χ4v) is 4.73. The molecule has 2 aromatic carbocycles. The Balaban J connectivity index is 2.15. The van der Waals surface area contributed by atoms with Gasteiger partial charge in [0.05, 0.1) is 0 Å². The fraction of sp³-hybridized carbons (Fsp3) is 0.364. The molecular formula is C22H27O3P. The van der Waals surface area contributed by atoms with Crippen LogP contribution in [0.15, 0.2) is 36.4 Å². The number of rotatable bonds is 8. The van der Waals surface area contributed by atoms with Crippen LogP contribution in [-0.2, 0) is 17.4 Å². The van der Waals surface area contributed by atoms with Gasteiger partial charge in [0.2, 0.25) is 5.52 Å². The Hall–Kier alpha value is -1.99. The fourth-order valence-electron chi connectivity index (χ4n) is 3.38. The van der Waals surface area contributed by atoms with Crippen LogP contribution in [0.4, 0.5) is 0 Å². The van der Waals surface area contributed by atoms with E-state index in [4.69, 9.17) is 0 Å². The molecule has 26 heavy (non-hydrogen) atoms. The lowest BCUT2D eigenvalue weighted by atomic mass is 9.93. The highest BCUT2D eigenvalue weighted by Gasteiger charge is 2.21. The predicted octanol–water partition coefficient (Wildman–Crippen LogP) is 5.40. The zero-order chi connectivity index (χ0) is 19.3. The Labute approximate surface area is 156 Å². The minimum Gasteiger partial charge on any atom is -0.318 e. The van der Waals surface area contributed by atoms with Crippen molar-refractivity contribution < 1.29 is 14.2 Å². The molecule has 0 radical (unpaired) electrons. The molecule has 2 aromatic rings. The van der Waals surface area contributed by atoms with Gasteiger partial charge in [-0.25, -0.2) is 0 Å². The van der Waals surface area contributed by atoms with E-state index in [0.29, 0.717) is 5.56 Å². The maximum Gasteiger partial charge on any atom is 0.219 e. The summed E-state index contributed by atoms with van der Waals surface area (Å²) < 4.78 is 12.6. The van der Waals surface area contributed by atoms with Gasteiger partial charge in [-0.05, 0) is 48.9 Å². The summed E-state index contributed by atoms with van der Waals surface area (Å²) in [5.41, 5.74) is 4.72.